The molecule has 0 aromatic heterocycles. The largest absolute Gasteiger partial charge is 0.459 e. The highest BCUT2D eigenvalue weighted by Gasteiger charge is 2.42. The van der Waals surface area contributed by atoms with E-state index in [-0.39, 0.29) is 13.0 Å². The van der Waals surface area contributed by atoms with E-state index in [0.29, 0.717) is 5.56 Å². The van der Waals surface area contributed by atoms with Crippen LogP contribution in [-0.4, -0.2) is 47.8 Å². The maximum atomic E-state index is 12.0. The van der Waals surface area contributed by atoms with E-state index in [1.54, 1.807) is 30.3 Å². The Kier molecular flexibility index (Phi) is 6.95. The first-order valence-electron chi connectivity index (χ1n) is 7.73. The van der Waals surface area contributed by atoms with Gasteiger partial charge in [-0.2, -0.15) is 0 Å². The molecule has 1 heterocycles. The molecule has 0 bridgehead atoms. The van der Waals surface area contributed by atoms with Gasteiger partial charge in [0.2, 0.25) is 0 Å². The van der Waals surface area contributed by atoms with Crippen molar-refractivity contribution < 1.29 is 33.3 Å². The maximum Gasteiger partial charge on any atom is 0.338 e. The summed E-state index contributed by atoms with van der Waals surface area (Å²) in [5, 5.41) is -0.685. The van der Waals surface area contributed by atoms with E-state index < -0.39 is 41.2 Å². The third kappa shape index (κ3) is 5.82. The van der Waals surface area contributed by atoms with E-state index in [1.807, 2.05) is 0 Å². The molecular weight excluding hydrogens is 396 g/mol. The van der Waals surface area contributed by atoms with Crippen molar-refractivity contribution in [3.05, 3.63) is 35.9 Å². The lowest BCUT2D eigenvalue weighted by Gasteiger charge is -2.37. The Labute approximate surface area is 153 Å². The van der Waals surface area contributed by atoms with Crippen LogP contribution in [0, 0.1) is 0 Å². The number of ether oxygens (including phenoxy) is 4. The molecule has 1 fully saturated rings. The van der Waals surface area contributed by atoms with Crippen molar-refractivity contribution in [2.45, 2.75) is 43.6 Å². The van der Waals surface area contributed by atoms with Gasteiger partial charge in [0.1, 0.15) is 12.7 Å². The topological polar surface area (TPSA) is 88.1 Å². The average Bonchev–Trinajstić information content (AvgIpc) is 2.56. The molecule has 2 rings (SSSR count). The Bertz CT molecular complexity index is 619. The van der Waals surface area contributed by atoms with Crippen LogP contribution in [0.15, 0.2) is 30.3 Å². The summed E-state index contributed by atoms with van der Waals surface area (Å²) >= 11 is 3.27. The molecule has 4 atom stereocenters. The van der Waals surface area contributed by atoms with E-state index in [4.69, 9.17) is 18.9 Å². The van der Waals surface area contributed by atoms with Crippen LogP contribution in [-0.2, 0) is 28.5 Å². The third-order valence-electron chi connectivity index (χ3n) is 3.47. The van der Waals surface area contributed by atoms with Gasteiger partial charge in [-0.05, 0) is 12.1 Å². The molecule has 1 aromatic carbocycles. The van der Waals surface area contributed by atoms with Crippen molar-refractivity contribution in [3.63, 3.8) is 0 Å². The van der Waals surface area contributed by atoms with Crippen LogP contribution < -0.4 is 0 Å². The zero-order valence-electron chi connectivity index (χ0n) is 13.8. The minimum Gasteiger partial charge on any atom is -0.459 e. The fourth-order valence-electron chi connectivity index (χ4n) is 2.46. The second-order valence-electron chi connectivity index (χ2n) is 5.53. The van der Waals surface area contributed by atoms with Crippen LogP contribution >= 0.6 is 15.9 Å². The molecule has 0 unspecified atom stereocenters. The second-order valence-corrected chi connectivity index (χ2v) is 6.43. The Hall–Kier alpha value is -1.93. The lowest BCUT2D eigenvalue weighted by molar-refractivity contribution is -0.194. The van der Waals surface area contributed by atoms with E-state index in [2.05, 4.69) is 15.9 Å². The molecule has 0 radical (unpaired) electrons. The molecule has 0 aliphatic carbocycles. The molecule has 0 saturated carbocycles. The monoisotopic (exact) mass is 414 g/mol. The quantitative estimate of drug-likeness (QED) is 0.414. The van der Waals surface area contributed by atoms with Crippen molar-refractivity contribution >= 4 is 33.8 Å². The minimum atomic E-state index is -0.775. The zero-order chi connectivity index (χ0) is 18.4. The van der Waals surface area contributed by atoms with E-state index in [1.165, 1.54) is 13.8 Å². The summed E-state index contributed by atoms with van der Waals surface area (Å²) in [4.78, 5) is 34.5. The lowest BCUT2D eigenvalue weighted by atomic mass is 10.0. The number of hydrogen-bond acceptors (Lipinski definition) is 7. The van der Waals surface area contributed by atoms with Crippen LogP contribution in [0.1, 0.15) is 30.6 Å². The predicted molar refractivity (Wildman–Crippen MR) is 90.0 cm³/mol. The number of rotatable bonds is 5. The van der Waals surface area contributed by atoms with Gasteiger partial charge < -0.3 is 18.9 Å². The van der Waals surface area contributed by atoms with E-state index >= 15 is 0 Å². The molecule has 0 spiro atoms. The SMILES string of the molecule is CC(=O)O[C@H]1[C@@H](OC(C)=O)C[C@@H](COC(=O)c2ccccc2)O[C@@H]1Br. The van der Waals surface area contributed by atoms with Crippen molar-refractivity contribution in [2.24, 2.45) is 0 Å². The number of esters is 3. The highest BCUT2D eigenvalue weighted by atomic mass is 79.9. The number of hydrogen-bond donors (Lipinski definition) is 0. The molecule has 25 heavy (non-hydrogen) atoms. The molecule has 1 aliphatic heterocycles. The highest BCUT2D eigenvalue weighted by molar-refractivity contribution is 9.09. The van der Waals surface area contributed by atoms with Gasteiger partial charge in [0.15, 0.2) is 11.1 Å². The van der Waals surface area contributed by atoms with E-state index in [9.17, 15) is 14.4 Å². The van der Waals surface area contributed by atoms with Gasteiger partial charge >= 0.3 is 17.9 Å². The smallest absolute Gasteiger partial charge is 0.338 e. The van der Waals surface area contributed by atoms with Crippen LogP contribution in [0.4, 0.5) is 0 Å². The molecule has 0 N–H and O–H groups in total. The number of carbonyl (C=O) groups is 3. The first-order valence-corrected chi connectivity index (χ1v) is 8.64. The Morgan fingerprint density at radius 1 is 1.12 bits per heavy atom. The van der Waals surface area contributed by atoms with Crippen molar-refractivity contribution in [1.82, 2.24) is 0 Å². The Morgan fingerprint density at radius 3 is 2.36 bits per heavy atom. The van der Waals surface area contributed by atoms with Gasteiger partial charge in [-0.25, -0.2) is 4.79 Å². The lowest BCUT2D eigenvalue weighted by Crippen LogP contribution is -2.50. The van der Waals surface area contributed by atoms with Crippen LogP contribution in [0.5, 0.6) is 0 Å². The predicted octanol–water partition coefficient (Wildman–Crippen LogP) is 2.22. The first-order chi connectivity index (χ1) is 11.9. The molecule has 1 aromatic rings. The fraction of sp³-hybridized carbons (Fsp3) is 0.471. The van der Waals surface area contributed by atoms with Gasteiger partial charge in [0.25, 0.3) is 0 Å². The number of alkyl halides is 1. The van der Waals surface area contributed by atoms with Crippen molar-refractivity contribution in [2.75, 3.05) is 6.61 Å². The van der Waals surface area contributed by atoms with Gasteiger partial charge in [0, 0.05) is 20.3 Å². The summed E-state index contributed by atoms with van der Waals surface area (Å²) in [7, 11) is 0. The molecule has 7 nitrogen and oxygen atoms in total. The third-order valence-corrected chi connectivity index (χ3v) is 4.21. The molecule has 1 aliphatic rings. The summed E-state index contributed by atoms with van der Waals surface area (Å²) in [5.74, 6) is -1.48. The molecule has 1 saturated heterocycles. The van der Waals surface area contributed by atoms with Crippen LogP contribution in [0.3, 0.4) is 0 Å². The van der Waals surface area contributed by atoms with Gasteiger partial charge in [-0.1, -0.05) is 34.1 Å². The molecular formula is C17H19BrO7. The Morgan fingerprint density at radius 2 is 1.76 bits per heavy atom. The normalized spacial score (nSPS) is 25.7. The number of benzene rings is 1. The number of carbonyl (C=O) groups excluding carboxylic acids is 3. The van der Waals surface area contributed by atoms with Gasteiger partial charge in [-0.15, -0.1) is 0 Å². The van der Waals surface area contributed by atoms with E-state index in [0.717, 1.165) is 0 Å². The number of halogens is 1. The summed E-state index contributed by atoms with van der Waals surface area (Å²) in [6.45, 7) is 2.52. The van der Waals surface area contributed by atoms with Crippen molar-refractivity contribution in [3.8, 4) is 0 Å². The average molecular weight is 415 g/mol. The van der Waals surface area contributed by atoms with Crippen LogP contribution in [0.2, 0.25) is 0 Å². The summed E-state index contributed by atoms with van der Waals surface area (Å²) in [6, 6.07) is 8.58. The standard InChI is InChI=1S/C17H19BrO7/c1-10(19)23-14-8-13(25-16(18)15(14)24-11(2)20)9-22-17(21)12-6-4-3-5-7-12/h3-7,13-16H,8-9H2,1-2H3/t13-,14-,15-,16-/m0/s1. The summed E-state index contributed by atoms with van der Waals surface area (Å²) in [6.07, 6.45) is -1.74. The minimum absolute atomic E-state index is 0.0135. The summed E-state index contributed by atoms with van der Waals surface area (Å²) < 4.78 is 21.3. The van der Waals surface area contributed by atoms with Crippen molar-refractivity contribution in [1.29, 1.82) is 0 Å². The molecule has 8 heteroatoms. The fourth-order valence-corrected chi connectivity index (χ4v) is 3.22. The van der Waals surface area contributed by atoms with Gasteiger partial charge in [0.05, 0.1) is 11.7 Å². The maximum absolute atomic E-state index is 12.0. The van der Waals surface area contributed by atoms with Gasteiger partial charge in [-0.3, -0.25) is 9.59 Å². The second kappa shape index (κ2) is 8.96. The molecule has 0 amide bonds. The highest BCUT2D eigenvalue weighted by Crippen LogP contribution is 2.29. The first kappa shape index (κ1) is 19.4. The van der Waals surface area contributed by atoms with Crippen LogP contribution in [0.25, 0.3) is 0 Å². The zero-order valence-corrected chi connectivity index (χ0v) is 15.4. The molecule has 136 valence electrons. The summed E-state index contributed by atoms with van der Waals surface area (Å²) in [5.41, 5.74) is 0.433. The Balaban J connectivity index is 1.97.